The number of hydrogen-bond acceptors (Lipinski definition) is 7. The van der Waals surface area contributed by atoms with Crippen molar-refractivity contribution in [2.24, 2.45) is 38.5 Å². The van der Waals surface area contributed by atoms with Gasteiger partial charge in [-0.25, -0.2) is 10.9 Å². The van der Waals surface area contributed by atoms with Crippen molar-refractivity contribution in [2.75, 3.05) is 6.54 Å². The minimum absolute atomic E-state index is 0.0644. The molecule has 43 heavy (non-hydrogen) atoms. The first-order chi connectivity index (χ1) is 19.9. The number of hydrogen-bond donors (Lipinski definition) is 5. The summed E-state index contributed by atoms with van der Waals surface area (Å²) < 4.78 is 38.5. The minimum atomic E-state index is -4.79. The van der Waals surface area contributed by atoms with Gasteiger partial charge in [-0.05, 0) is 96.7 Å². The average Bonchev–Trinajstić information content (AvgIpc) is 2.93. The molecule has 0 spiro atoms. The Morgan fingerprint density at radius 2 is 1.67 bits per heavy atom. The van der Waals surface area contributed by atoms with Gasteiger partial charge in [-0.15, -0.1) is 4.91 Å². The lowest BCUT2D eigenvalue weighted by Gasteiger charge is -2.44. The van der Waals surface area contributed by atoms with Crippen LogP contribution in [0.15, 0.2) is 58.7 Å². The van der Waals surface area contributed by atoms with Gasteiger partial charge in [-0.1, -0.05) is 72.4 Å². The van der Waals surface area contributed by atoms with E-state index in [9.17, 15) is 18.1 Å². The summed E-state index contributed by atoms with van der Waals surface area (Å²) in [7, 11) is 0. The molecule has 0 saturated heterocycles. The van der Waals surface area contributed by atoms with Crippen molar-refractivity contribution < 1.29 is 18.4 Å². The third-order valence-electron chi connectivity index (χ3n) is 7.93. The Hall–Kier alpha value is -2.73. The summed E-state index contributed by atoms with van der Waals surface area (Å²) in [6.45, 7) is 17.6. The maximum atomic E-state index is 12.8. The van der Waals surface area contributed by atoms with Crippen LogP contribution in [0.25, 0.3) is 0 Å². The van der Waals surface area contributed by atoms with Crippen molar-refractivity contribution in [1.82, 2.24) is 5.32 Å². The Morgan fingerprint density at radius 1 is 1.12 bits per heavy atom. The van der Waals surface area contributed by atoms with E-state index in [1.54, 1.807) is 0 Å². The van der Waals surface area contributed by atoms with Gasteiger partial charge in [0.05, 0.1) is 0 Å². The van der Waals surface area contributed by atoms with Crippen LogP contribution in [-0.2, 0) is 6.42 Å². The molecule has 1 aliphatic carbocycles. The molecule has 0 aromatic heterocycles. The molecule has 8 nitrogen and oxygen atoms in total. The van der Waals surface area contributed by atoms with Crippen LogP contribution in [0.3, 0.4) is 0 Å². The first-order valence-corrected chi connectivity index (χ1v) is 14.7. The Bertz CT molecular complexity index is 1110. The SMILES string of the molecule is C=C(/C=C\C(=N)C(F)(F)F)/C(N=O)=N/C1(NC(CCC(C)(C)C)c2ccc(CCN)cc2)CCC(C(C)(C)C)CC1.NO. The van der Waals surface area contributed by atoms with Crippen LogP contribution >= 0.6 is 0 Å². The predicted molar refractivity (Wildman–Crippen MR) is 169 cm³/mol. The van der Waals surface area contributed by atoms with Crippen molar-refractivity contribution in [2.45, 2.75) is 104 Å². The molecule has 0 radical (unpaired) electrons. The summed E-state index contributed by atoms with van der Waals surface area (Å²) in [5.41, 5.74) is 5.74. The molecule has 1 aromatic carbocycles. The van der Waals surface area contributed by atoms with Crippen LogP contribution in [0.4, 0.5) is 13.2 Å². The Morgan fingerprint density at radius 3 is 2.12 bits per heavy atom. The molecular weight excluding hydrogens is 557 g/mol. The van der Waals surface area contributed by atoms with Crippen LogP contribution in [-0.4, -0.2) is 35.1 Å². The van der Waals surface area contributed by atoms with Crippen molar-refractivity contribution in [3.63, 3.8) is 0 Å². The summed E-state index contributed by atoms with van der Waals surface area (Å²) in [5, 5.41) is 20.6. The van der Waals surface area contributed by atoms with E-state index in [0.717, 1.165) is 49.3 Å². The topological polar surface area (TPSA) is 150 Å². The number of benzene rings is 1. The van der Waals surface area contributed by atoms with Gasteiger partial charge in [0.2, 0.25) is 5.84 Å². The van der Waals surface area contributed by atoms with E-state index in [-0.39, 0.29) is 28.3 Å². The molecule has 0 heterocycles. The fourth-order valence-electron chi connectivity index (χ4n) is 5.26. The van der Waals surface area contributed by atoms with E-state index in [1.807, 2.05) is 0 Å². The number of alkyl halides is 3. The van der Waals surface area contributed by atoms with Crippen LogP contribution in [0.2, 0.25) is 0 Å². The molecule has 1 aliphatic rings. The molecular formula is C32H51F3N6O2. The van der Waals surface area contributed by atoms with Crippen LogP contribution < -0.4 is 16.9 Å². The molecule has 7 N–H and O–H groups in total. The maximum absolute atomic E-state index is 12.8. The first kappa shape index (κ1) is 38.3. The number of nitroso groups, excluding NO2 is 1. The molecule has 1 fully saturated rings. The zero-order chi connectivity index (χ0) is 33.1. The molecule has 11 heteroatoms. The van der Waals surface area contributed by atoms with E-state index < -0.39 is 17.6 Å². The van der Waals surface area contributed by atoms with E-state index in [2.05, 4.69) is 88.8 Å². The fourth-order valence-corrected chi connectivity index (χ4v) is 5.26. The molecule has 0 aliphatic heterocycles. The van der Waals surface area contributed by atoms with Gasteiger partial charge in [-0.3, -0.25) is 10.7 Å². The number of aliphatic imine (C=N–C) groups is 1. The lowest BCUT2D eigenvalue weighted by atomic mass is 9.69. The highest BCUT2D eigenvalue weighted by Crippen LogP contribution is 2.44. The molecule has 0 amide bonds. The van der Waals surface area contributed by atoms with Crippen molar-refractivity contribution in [1.29, 1.82) is 5.41 Å². The highest BCUT2D eigenvalue weighted by atomic mass is 19.4. The lowest BCUT2D eigenvalue weighted by molar-refractivity contribution is -0.0584. The summed E-state index contributed by atoms with van der Waals surface area (Å²) in [6.07, 6.45) is 2.34. The van der Waals surface area contributed by atoms with Gasteiger partial charge in [0, 0.05) is 11.6 Å². The third-order valence-corrected chi connectivity index (χ3v) is 7.93. The van der Waals surface area contributed by atoms with Gasteiger partial charge in [0.1, 0.15) is 11.4 Å². The smallest absolute Gasteiger partial charge is 0.330 e. The van der Waals surface area contributed by atoms with Crippen LogP contribution in [0.5, 0.6) is 0 Å². The van der Waals surface area contributed by atoms with E-state index in [1.165, 1.54) is 0 Å². The van der Waals surface area contributed by atoms with E-state index in [0.29, 0.717) is 31.4 Å². The number of amidine groups is 1. The quantitative estimate of drug-likeness (QED) is 0.0572. The Labute approximate surface area is 254 Å². The van der Waals surface area contributed by atoms with E-state index in [4.69, 9.17) is 21.3 Å². The molecule has 1 unspecified atom stereocenters. The largest absolute Gasteiger partial charge is 0.432 e. The molecule has 1 aromatic rings. The Kier molecular flexibility index (Phi) is 14.6. The number of nitrogens with two attached hydrogens (primary N) is 2. The highest BCUT2D eigenvalue weighted by Gasteiger charge is 2.41. The second-order valence-electron chi connectivity index (χ2n) is 13.5. The summed E-state index contributed by atoms with van der Waals surface area (Å²) in [6, 6.07) is 8.30. The van der Waals surface area contributed by atoms with E-state index >= 15 is 0 Å². The first-order valence-electron chi connectivity index (χ1n) is 14.7. The van der Waals surface area contributed by atoms with Gasteiger partial charge in [-0.2, -0.15) is 13.2 Å². The standard InChI is InChI=1S/C32H48F3N5O.H3NO/c1-22(8-13-27(37)32(33,34)35)28(40-41)39-31(19-14-25(15-20-31)30(5,6)7)38-26(16-18-29(2,3)4)24-11-9-23(10-12-24)17-21-36;1-2/h8-13,25-26,37-38H,1,14-21,36H2,2-7H3;2H,1H2/b13-8-,37-27?,39-28-;. The maximum Gasteiger partial charge on any atom is 0.432 e. The monoisotopic (exact) mass is 608 g/mol. The summed E-state index contributed by atoms with van der Waals surface area (Å²) in [5.74, 6) is 3.70. The molecule has 1 saturated carbocycles. The molecule has 0 bridgehead atoms. The normalized spacial score (nSPS) is 20.7. The predicted octanol–water partition coefficient (Wildman–Crippen LogP) is 7.77. The minimum Gasteiger partial charge on any atom is -0.330 e. The Balaban J connectivity index is 0.00000452. The zero-order valence-corrected chi connectivity index (χ0v) is 26.5. The second kappa shape index (κ2) is 16.4. The summed E-state index contributed by atoms with van der Waals surface area (Å²) >= 11 is 0. The lowest BCUT2D eigenvalue weighted by Crippen LogP contribution is -2.49. The van der Waals surface area contributed by atoms with Gasteiger partial charge in [0.15, 0.2) is 0 Å². The summed E-state index contributed by atoms with van der Waals surface area (Å²) in [4.78, 5) is 16.8. The van der Waals surface area contributed by atoms with Crippen LogP contribution in [0, 0.1) is 27.1 Å². The molecule has 2 rings (SSSR count). The van der Waals surface area contributed by atoms with Gasteiger partial charge in [0.25, 0.3) is 0 Å². The molecule has 242 valence electrons. The van der Waals surface area contributed by atoms with Crippen molar-refractivity contribution in [3.8, 4) is 0 Å². The number of rotatable bonds is 11. The van der Waals surface area contributed by atoms with Crippen LogP contribution in [0.1, 0.15) is 97.2 Å². The fraction of sp³-hybridized carbons (Fsp3) is 0.625. The van der Waals surface area contributed by atoms with Crippen molar-refractivity contribution in [3.05, 3.63) is 64.6 Å². The third kappa shape index (κ3) is 12.8. The van der Waals surface area contributed by atoms with Gasteiger partial charge < -0.3 is 10.9 Å². The average molecular weight is 609 g/mol. The second-order valence-corrected chi connectivity index (χ2v) is 13.5. The number of allylic oxidation sites excluding steroid dienone is 1. The number of halogens is 3. The van der Waals surface area contributed by atoms with Crippen molar-refractivity contribution >= 4 is 11.5 Å². The number of nitrogens with one attached hydrogen (secondary N) is 2. The highest BCUT2D eigenvalue weighted by molar-refractivity contribution is 6.04. The number of nitrogens with zero attached hydrogens (tertiary/aromatic N) is 2. The van der Waals surface area contributed by atoms with Gasteiger partial charge >= 0.3 is 6.18 Å². The zero-order valence-electron chi connectivity index (χ0n) is 26.5. The molecule has 1 atom stereocenters.